The lowest BCUT2D eigenvalue weighted by Gasteiger charge is -2.30. The van der Waals surface area contributed by atoms with Crippen molar-refractivity contribution in [1.29, 1.82) is 0 Å². The minimum atomic E-state index is -1.64. The number of carbonyl (C=O) groups is 9. The highest BCUT2D eigenvalue weighted by atomic mass is 16.4. The molecule has 55 heavy (non-hydrogen) atoms. The second-order valence-corrected chi connectivity index (χ2v) is 15.4. The van der Waals surface area contributed by atoms with Gasteiger partial charge in [0.1, 0.15) is 36.5 Å². The molecule has 9 N–H and O–H groups in total. The maximum Gasteiger partial charge on any atom is 0.305 e. The Morgan fingerprint density at radius 2 is 1.18 bits per heavy atom. The average molecular weight is 782 g/mol. The topological polar surface area (TPSA) is 283 Å². The number of carbonyl (C=O) groups excluding carboxylic acids is 7. The van der Waals surface area contributed by atoms with Crippen LogP contribution in [0.25, 0.3) is 0 Å². The van der Waals surface area contributed by atoms with Crippen molar-refractivity contribution in [2.45, 2.75) is 149 Å². The van der Waals surface area contributed by atoms with Crippen molar-refractivity contribution in [1.82, 2.24) is 31.5 Å². The molecule has 18 nitrogen and oxygen atoms in total. The van der Waals surface area contributed by atoms with Gasteiger partial charge in [-0.3, -0.25) is 38.4 Å². The standard InChI is InChI=1S/C37H63N7O11/c1-9-21(7)30(38)37(55)44-13-11-12-27(44)35(53)41-26(17-29(48)49)33(51)40-24(15-20(5)6)34(52)43-31(22(8)10-2)36(54)42-25(16-28(46)47)32(50)39-23(18-45)14-19(3)4/h18-27,30-31H,9-17,38H2,1-8H3,(H,39,50)(H,40,51)(H,41,53)(H,42,54)(H,43,52)(H,46,47)(H,48,49)/t21-,22-,23-,24-,25-,26-,27-,30-,31-/m0/s1. The van der Waals surface area contributed by atoms with Crippen molar-refractivity contribution in [3.63, 3.8) is 0 Å². The van der Waals surface area contributed by atoms with Crippen LogP contribution in [0.2, 0.25) is 0 Å². The smallest absolute Gasteiger partial charge is 0.305 e. The van der Waals surface area contributed by atoms with E-state index in [2.05, 4.69) is 26.6 Å². The monoisotopic (exact) mass is 781 g/mol. The summed E-state index contributed by atoms with van der Waals surface area (Å²) in [6.07, 6.45) is 0.931. The second-order valence-electron chi connectivity index (χ2n) is 15.4. The highest BCUT2D eigenvalue weighted by molar-refractivity contribution is 5.98. The van der Waals surface area contributed by atoms with Crippen LogP contribution < -0.4 is 32.3 Å². The molecule has 0 aromatic rings. The summed E-state index contributed by atoms with van der Waals surface area (Å²) < 4.78 is 0. The Kier molecular flexibility index (Phi) is 20.5. The highest BCUT2D eigenvalue weighted by Crippen LogP contribution is 2.21. The van der Waals surface area contributed by atoms with Crippen molar-refractivity contribution in [2.24, 2.45) is 29.4 Å². The van der Waals surface area contributed by atoms with E-state index in [1.54, 1.807) is 27.7 Å². The lowest BCUT2D eigenvalue weighted by atomic mass is 9.96. The van der Waals surface area contributed by atoms with E-state index in [9.17, 15) is 53.4 Å². The Balaban J connectivity index is 3.28. The SMILES string of the molecule is CC[C@H](C)[C@H](N)C(=O)N1CCC[C@H]1C(=O)N[C@@H](CC(=O)O)C(=O)N[C@@H](CC(C)C)C(=O)N[C@H](C(=O)N[C@@H](CC(=O)O)C(=O)N[C@H](C=O)CC(C)C)[C@@H](C)CC. The summed E-state index contributed by atoms with van der Waals surface area (Å²) in [5.74, 6) is -8.47. The van der Waals surface area contributed by atoms with Gasteiger partial charge in [-0.25, -0.2) is 0 Å². The van der Waals surface area contributed by atoms with E-state index in [1.165, 1.54) is 4.90 Å². The number of likely N-dealkylation sites (tertiary alicyclic amines) is 1. The van der Waals surface area contributed by atoms with Crippen molar-refractivity contribution >= 4 is 53.7 Å². The summed E-state index contributed by atoms with van der Waals surface area (Å²) in [5.41, 5.74) is 6.14. The third-order valence-electron chi connectivity index (χ3n) is 9.75. The number of amides is 6. The second kappa shape index (κ2) is 23.3. The van der Waals surface area contributed by atoms with Crippen LogP contribution in [0, 0.1) is 23.7 Å². The molecule has 0 radical (unpaired) electrons. The van der Waals surface area contributed by atoms with Crippen LogP contribution in [0.3, 0.4) is 0 Å². The van der Waals surface area contributed by atoms with Gasteiger partial charge in [0, 0.05) is 6.54 Å². The van der Waals surface area contributed by atoms with Crippen LogP contribution in [0.1, 0.15) is 107 Å². The largest absolute Gasteiger partial charge is 0.481 e. The number of nitrogens with one attached hydrogen (secondary N) is 5. The first-order chi connectivity index (χ1) is 25.7. The first kappa shape index (κ1) is 48.4. The Bertz CT molecular complexity index is 1370. The molecule has 0 saturated carbocycles. The molecule has 18 heteroatoms. The van der Waals surface area contributed by atoms with Crippen LogP contribution in [0.15, 0.2) is 0 Å². The van der Waals surface area contributed by atoms with E-state index in [0.717, 1.165) is 0 Å². The number of rotatable bonds is 24. The molecule has 0 aliphatic carbocycles. The highest BCUT2D eigenvalue weighted by Gasteiger charge is 2.40. The lowest BCUT2D eigenvalue weighted by molar-refractivity contribution is -0.144. The maximum absolute atomic E-state index is 13.8. The first-order valence-electron chi connectivity index (χ1n) is 19.1. The summed E-state index contributed by atoms with van der Waals surface area (Å²) in [5, 5.41) is 31.5. The number of nitrogens with two attached hydrogens (primary N) is 1. The summed E-state index contributed by atoms with van der Waals surface area (Å²) in [6.45, 7) is 14.5. The van der Waals surface area contributed by atoms with E-state index in [4.69, 9.17) is 5.73 Å². The van der Waals surface area contributed by atoms with Crippen LogP contribution in [-0.4, -0.2) is 118 Å². The zero-order chi connectivity index (χ0) is 42.2. The Hall–Kier alpha value is -4.61. The fourth-order valence-corrected chi connectivity index (χ4v) is 6.16. The van der Waals surface area contributed by atoms with Crippen LogP contribution in [-0.2, 0) is 43.2 Å². The molecule has 6 amide bonds. The van der Waals surface area contributed by atoms with Gasteiger partial charge in [-0.15, -0.1) is 0 Å². The van der Waals surface area contributed by atoms with Gasteiger partial charge < -0.3 is 52.2 Å². The molecular formula is C37H63N7O11. The van der Waals surface area contributed by atoms with E-state index in [-0.39, 0.29) is 43.6 Å². The quantitative estimate of drug-likeness (QED) is 0.0604. The summed E-state index contributed by atoms with van der Waals surface area (Å²) in [7, 11) is 0. The zero-order valence-electron chi connectivity index (χ0n) is 33.4. The van der Waals surface area contributed by atoms with E-state index < -0.39 is 108 Å². The number of carboxylic acids is 2. The molecule has 0 unspecified atom stereocenters. The van der Waals surface area contributed by atoms with Crippen LogP contribution in [0.5, 0.6) is 0 Å². The molecular weight excluding hydrogens is 718 g/mol. The molecule has 0 aromatic carbocycles. The van der Waals surface area contributed by atoms with Gasteiger partial charge in [-0.05, 0) is 49.4 Å². The van der Waals surface area contributed by atoms with Gasteiger partial charge in [0.2, 0.25) is 35.4 Å². The van der Waals surface area contributed by atoms with Gasteiger partial charge in [-0.2, -0.15) is 0 Å². The molecule has 312 valence electrons. The Labute approximate surface area is 323 Å². The summed E-state index contributed by atoms with van der Waals surface area (Å²) in [6, 6.07) is -8.61. The molecule has 0 spiro atoms. The number of nitrogens with zero attached hydrogens (tertiary/aromatic N) is 1. The number of hydrogen-bond donors (Lipinski definition) is 8. The minimum Gasteiger partial charge on any atom is -0.481 e. The summed E-state index contributed by atoms with van der Waals surface area (Å²) in [4.78, 5) is 117. The fraction of sp³-hybridized carbons (Fsp3) is 0.757. The van der Waals surface area contributed by atoms with Crippen molar-refractivity contribution in [3.8, 4) is 0 Å². The molecule has 1 fully saturated rings. The molecule has 1 rings (SSSR count). The van der Waals surface area contributed by atoms with Gasteiger partial charge in [-0.1, -0.05) is 68.2 Å². The minimum absolute atomic E-state index is 0.0232. The lowest BCUT2D eigenvalue weighted by Crippen LogP contribution is -2.61. The van der Waals surface area contributed by atoms with Gasteiger partial charge in [0.15, 0.2) is 0 Å². The molecule has 9 atom stereocenters. The first-order valence-corrected chi connectivity index (χ1v) is 19.1. The van der Waals surface area contributed by atoms with Crippen molar-refractivity contribution in [2.75, 3.05) is 6.54 Å². The third-order valence-corrected chi connectivity index (χ3v) is 9.75. The Morgan fingerprint density at radius 1 is 0.691 bits per heavy atom. The van der Waals surface area contributed by atoms with Crippen LogP contribution in [0.4, 0.5) is 0 Å². The average Bonchev–Trinajstić information content (AvgIpc) is 3.60. The van der Waals surface area contributed by atoms with E-state index >= 15 is 0 Å². The van der Waals surface area contributed by atoms with E-state index in [0.29, 0.717) is 25.5 Å². The number of aldehydes is 1. The maximum atomic E-state index is 13.8. The molecule has 1 heterocycles. The number of carboxylic acid groups (broad SMARTS) is 2. The van der Waals surface area contributed by atoms with Gasteiger partial charge >= 0.3 is 11.9 Å². The predicted octanol–water partition coefficient (Wildman–Crippen LogP) is 0.0614. The third kappa shape index (κ3) is 16.0. The number of aliphatic carboxylic acids is 2. The van der Waals surface area contributed by atoms with Crippen molar-refractivity contribution in [3.05, 3.63) is 0 Å². The zero-order valence-corrected chi connectivity index (χ0v) is 33.4. The van der Waals surface area contributed by atoms with E-state index in [1.807, 2.05) is 27.7 Å². The van der Waals surface area contributed by atoms with Crippen LogP contribution >= 0.6 is 0 Å². The predicted molar refractivity (Wildman–Crippen MR) is 201 cm³/mol. The fourth-order valence-electron chi connectivity index (χ4n) is 6.16. The Morgan fingerprint density at radius 3 is 1.67 bits per heavy atom. The van der Waals surface area contributed by atoms with Gasteiger partial charge in [0.25, 0.3) is 0 Å². The van der Waals surface area contributed by atoms with Gasteiger partial charge in [0.05, 0.1) is 24.9 Å². The number of hydrogen-bond acceptors (Lipinski definition) is 10. The summed E-state index contributed by atoms with van der Waals surface area (Å²) >= 11 is 0. The molecule has 1 saturated heterocycles. The molecule has 0 bridgehead atoms. The molecule has 1 aliphatic heterocycles. The van der Waals surface area contributed by atoms with Crippen molar-refractivity contribution < 1.29 is 53.4 Å². The molecule has 1 aliphatic rings. The molecule has 0 aromatic heterocycles. The normalized spacial score (nSPS) is 18.5.